The van der Waals surface area contributed by atoms with E-state index in [2.05, 4.69) is 162 Å². The van der Waals surface area contributed by atoms with Crippen LogP contribution in [-0.2, 0) is 10.8 Å². The molecule has 4 aromatic rings. The van der Waals surface area contributed by atoms with Crippen molar-refractivity contribution >= 4 is 16.9 Å². The van der Waals surface area contributed by atoms with Crippen molar-refractivity contribution in [3.05, 3.63) is 160 Å². The van der Waals surface area contributed by atoms with E-state index in [1.165, 1.54) is 72.7 Å². The van der Waals surface area contributed by atoms with Crippen molar-refractivity contribution in [2.45, 2.75) is 52.4 Å². The molecule has 2 unspecified atom stereocenters. The smallest absolute Gasteiger partial charge is 0.0461 e. The van der Waals surface area contributed by atoms with E-state index in [1.54, 1.807) is 0 Å². The average molecular weight is 558 g/mol. The molecule has 4 aromatic carbocycles. The molecule has 0 bridgehead atoms. The monoisotopic (exact) mass is 557 g/mol. The molecule has 0 radical (unpaired) electrons. The zero-order chi connectivity index (χ0) is 29.7. The van der Waals surface area contributed by atoms with Gasteiger partial charge in [-0.25, -0.2) is 0 Å². The largest absolute Gasteiger partial charge is 0.314 e. The Morgan fingerprint density at radius 3 is 2.14 bits per heavy atom. The van der Waals surface area contributed by atoms with Crippen molar-refractivity contribution in [1.82, 2.24) is 0 Å². The van der Waals surface area contributed by atoms with Gasteiger partial charge in [0.1, 0.15) is 0 Å². The van der Waals surface area contributed by atoms with Crippen LogP contribution in [0, 0.1) is 18.8 Å². The van der Waals surface area contributed by atoms with E-state index >= 15 is 0 Å². The Kier molecular flexibility index (Phi) is 5.54. The highest BCUT2D eigenvalue weighted by molar-refractivity contribution is 5.97. The van der Waals surface area contributed by atoms with Crippen molar-refractivity contribution in [2.75, 3.05) is 4.90 Å². The maximum absolute atomic E-state index is 2.56. The lowest BCUT2D eigenvalue weighted by molar-refractivity contribution is 0.543. The van der Waals surface area contributed by atoms with Crippen molar-refractivity contribution in [1.29, 1.82) is 0 Å². The molecule has 0 spiro atoms. The zero-order valence-electron chi connectivity index (χ0n) is 26.1. The Morgan fingerprint density at radius 2 is 1.35 bits per heavy atom. The second kappa shape index (κ2) is 9.07. The van der Waals surface area contributed by atoms with Gasteiger partial charge in [-0.05, 0) is 111 Å². The maximum Gasteiger partial charge on any atom is 0.0461 e. The molecule has 0 N–H and O–H groups in total. The molecule has 0 aliphatic heterocycles. The van der Waals surface area contributed by atoms with Gasteiger partial charge in [0.25, 0.3) is 0 Å². The Bertz CT molecular complexity index is 1940. The molecule has 1 nitrogen and oxygen atoms in total. The van der Waals surface area contributed by atoms with Gasteiger partial charge in [0.15, 0.2) is 0 Å². The van der Waals surface area contributed by atoms with Crippen LogP contribution in [0.3, 0.4) is 0 Å². The molecule has 0 amide bonds. The molecule has 2 atom stereocenters. The summed E-state index contributed by atoms with van der Waals surface area (Å²) in [6, 6.07) is 34.0. The predicted molar refractivity (Wildman–Crippen MR) is 182 cm³/mol. The highest BCUT2D eigenvalue weighted by atomic mass is 15.2. The number of anilines is 2. The van der Waals surface area contributed by atoms with Crippen LogP contribution in [0.1, 0.15) is 62.4 Å². The number of nitrogens with zero attached hydrogens (tertiary/aromatic N) is 1. The highest BCUT2D eigenvalue weighted by Gasteiger charge is 2.47. The Labute approximate surface area is 256 Å². The third-order valence-corrected chi connectivity index (χ3v) is 10.6. The molecule has 4 aliphatic rings. The number of fused-ring (bicyclic) bond motifs is 7. The molecule has 8 rings (SSSR count). The molecule has 0 saturated heterocycles. The molecular weight excluding hydrogens is 518 g/mol. The standard InChI is InChI=1S/C42H39N/c1-26-14-12-18-29(22-26)43(28-16-8-7-9-17-28)38-25-37-40(31-20-13-15-27(2)39(31)38)33-24-35-32(23-36(33)42(37,5)6)30-19-10-11-21-34(30)41(35,3)4/h7-25,27,39H,1-6H3. The number of aryl methyl sites for hydroxylation is 1. The van der Waals surface area contributed by atoms with Crippen LogP contribution >= 0.6 is 0 Å². The average Bonchev–Trinajstić information content (AvgIpc) is 3.36. The first-order chi connectivity index (χ1) is 20.7. The van der Waals surface area contributed by atoms with E-state index in [4.69, 9.17) is 0 Å². The number of hydrogen-bond acceptors (Lipinski definition) is 1. The van der Waals surface area contributed by atoms with E-state index < -0.39 is 0 Å². The fourth-order valence-corrected chi connectivity index (χ4v) is 8.37. The lowest BCUT2D eigenvalue weighted by atomic mass is 9.70. The van der Waals surface area contributed by atoms with E-state index in [0.29, 0.717) is 5.92 Å². The summed E-state index contributed by atoms with van der Waals surface area (Å²) >= 11 is 0. The van der Waals surface area contributed by atoms with Gasteiger partial charge in [0, 0.05) is 33.8 Å². The predicted octanol–water partition coefficient (Wildman–Crippen LogP) is 10.8. The summed E-state index contributed by atoms with van der Waals surface area (Å²) in [5, 5.41) is 0. The third-order valence-electron chi connectivity index (χ3n) is 10.6. The van der Waals surface area contributed by atoms with Gasteiger partial charge in [0.05, 0.1) is 0 Å². The van der Waals surface area contributed by atoms with E-state index in [9.17, 15) is 0 Å². The second-order valence-corrected chi connectivity index (χ2v) is 14.0. The van der Waals surface area contributed by atoms with Crippen LogP contribution in [0.15, 0.2) is 132 Å². The highest BCUT2D eigenvalue weighted by Crippen LogP contribution is 2.60. The number of hydrogen-bond donors (Lipinski definition) is 0. The summed E-state index contributed by atoms with van der Waals surface area (Å²) in [6.45, 7) is 14.2. The fourth-order valence-electron chi connectivity index (χ4n) is 8.37. The van der Waals surface area contributed by atoms with Crippen LogP contribution in [0.25, 0.3) is 16.7 Å². The molecule has 0 heterocycles. The minimum atomic E-state index is -0.127. The van der Waals surface area contributed by atoms with Gasteiger partial charge in [0.2, 0.25) is 0 Å². The SMILES string of the molecule is Cc1cccc(N(C2=CC3=C(C4=CC=CC(C)C42)c2cc4c(cc2C3(C)C)-c2ccccc2C4(C)C)c2ccccc2)c1. The summed E-state index contributed by atoms with van der Waals surface area (Å²) in [7, 11) is 0. The van der Waals surface area contributed by atoms with Gasteiger partial charge < -0.3 is 4.90 Å². The molecule has 4 aliphatic carbocycles. The van der Waals surface area contributed by atoms with E-state index in [-0.39, 0.29) is 16.7 Å². The summed E-state index contributed by atoms with van der Waals surface area (Å²) < 4.78 is 0. The third kappa shape index (κ3) is 3.64. The molecule has 43 heavy (non-hydrogen) atoms. The molecular formula is C42H39N. The Hall–Kier alpha value is -4.36. The number of rotatable bonds is 3. The maximum atomic E-state index is 2.56. The normalized spacial score (nSPS) is 21.7. The minimum absolute atomic E-state index is 0.0209. The van der Waals surface area contributed by atoms with E-state index in [1.807, 2.05) is 0 Å². The first kappa shape index (κ1) is 26.3. The minimum Gasteiger partial charge on any atom is -0.314 e. The van der Waals surface area contributed by atoms with Gasteiger partial charge in [-0.1, -0.05) is 107 Å². The zero-order valence-corrected chi connectivity index (χ0v) is 26.1. The summed E-state index contributed by atoms with van der Waals surface area (Å²) in [5.74, 6) is 0.628. The number of allylic oxidation sites excluding steroid dienone is 7. The Morgan fingerprint density at radius 1 is 0.651 bits per heavy atom. The lowest BCUT2D eigenvalue weighted by Crippen LogP contribution is -2.32. The van der Waals surface area contributed by atoms with Crippen LogP contribution in [0.5, 0.6) is 0 Å². The van der Waals surface area contributed by atoms with Crippen molar-refractivity contribution < 1.29 is 0 Å². The van der Waals surface area contributed by atoms with Gasteiger partial charge in [-0.15, -0.1) is 0 Å². The van der Waals surface area contributed by atoms with Crippen LogP contribution < -0.4 is 4.90 Å². The molecule has 212 valence electrons. The molecule has 0 aromatic heterocycles. The second-order valence-electron chi connectivity index (χ2n) is 14.0. The first-order valence-corrected chi connectivity index (χ1v) is 15.7. The summed E-state index contributed by atoms with van der Waals surface area (Å²) in [6.07, 6.45) is 9.65. The summed E-state index contributed by atoms with van der Waals surface area (Å²) in [4.78, 5) is 2.52. The van der Waals surface area contributed by atoms with Crippen LogP contribution in [0.4, 0.5) is 11.4 Å². The lowest BCUT2D eigenvalue weighted by Gasteiger charge is -2.41. The van der Waals surface area contributed by atoms with Gasteiger partial charge in [-0.3, -0.25) is 0 Å². The Balaban J connectivity index is 1.39. The van der Waals surface area contributed by atoms with Crippen molar-refractivity contribution in [2.24, 2.45) is 11.8 Å². The number of benzene rings is 4. The van der Waals surface area contributed by atoms with Crippen LogP contribution in [0.2, 0.25) is 0 Å². The molecule has 0 fully saturated rings. The topological polar surface area (TPSA) is 3.24 Å². The van der Waals surface area contributed by atoms with Crippen molar-refractivity contribution in [3.63, 3.8) is 0 Å². The van der Waals surface area contributed by atoms with E-state index in [0.717, 1.165) is 0 Å². The fraction of sp³-hybridized carbons (Fsp3) is 0.238. The molecule has 1 heteroatoms. The van der Waals surface area contributed by atoms with Crippen LogP contribution in [-0.4, -0.2) is 0 Å². The first-order valence-electron chi connectivity index (χ1n) is 15.7. The summed E-state index contributed by atoms with van der Waals surface area (Å²) in [5.41, 5.74) is 17.8. The van der Waals surface area contributed by atoms with Gasteiger partial charge >= 0.3 is 0 Å². The molecule has 0 saturated carbocycles. The number of para-hydroxylation sites is 1. The quantitative estimate of drug-likeness (QED) is 0.242. The van der Waals surface area contributed by atoms with Crippen molar-refractivity contribution in [3.8, 4) is 11.1 Å². The van der Waals surface area contributed by atoms with Gasteiger partial charge in [-0.2, -0.15) is 0 Å².